The van der Waals surface area contributed by atoms with Crippen LogP contribution in [0.1, 0.15) is 48.9 Å². The number of aliphatic hydroxyl groups excluding tert-OH is 1. The van der Waals surface area contributed by atoms with Crippen molar-refractivity contribution in [3.8, 4) is 11.5 Å². The Morgan fingerprint density at radius 1 is 0.875 bits per heavy atom. The lowest BCUT2D eigenvalue weighted by Crippen LogP contribution is -2.32. The second-order valence-corrected chi connectivity index (χ2v) is 9.55. The SMILES string of the molecule is CCCCCOc1ccc(/C(O)=C2/C(=O)C(=O)N(CCOC)C2c2ccc(OCc3ccc(F)cc3)cc2)cc1. The fourth-order valence-corrected chi connectivity index (χ4v) is 4.55. The molecule has 3 aromatic carbocycles. The van der Waals surface area contributed by atoms with Gasteiger partial charge in [-0.25, -0.2) is 4.39 Å². The average Bonchev–Trinajstić information content (AvgIpc) is 3.23. The van der Waals surface area contributed by atoms with Crippen LogP contribution in [0.25, 0.3) is 5.76 Å². The summed E-state index contributed by atoms with van der Waals surface area (Å²) in [5.41, 5.74) is 1.88. The number of unbranched alkanes of at least 4 members (excludes halogenated alkanes) is 2. The number of benzene rings is 3. The van der Waals surface area contributed by atoms with E-state index in [1.54, 1.807) is 60.7 Å². The van der Waals surface area contributed by atoms with E-state index in [0.29, 0.717) is 29.2 Å². The predicted molar refractivity (Wildman–Crippen MR) is 150 cm³/mol. The molecule has 1 aliphatic heterocycles. The molecule has 8 heteroatoms. The second kappa shape index (κ2) is 13.8. The Kier molecular flexibility index (Phi) is 9.91. The molecular weight excluding hydrogens is 513 g/mol. The van der Waals surface area contributed by atoms with E-state index in [0.717, 1.165) is 24.8 Å². The van der Waals surface area contributed by atoms with Gasteiger partial charge in [-0.05, 0) is 66.1 Å². The Labute approximate surface area is 233 Å². The molecule has 0 saturated carbocycles. The van der Waals surface area contributed by atoms with E-state index in [9.17, 15) is 19.1 Å². The van der Waals surface area contributed by atoms with Crippen LogP contribution in [-0.4, -0.2) is 48.6 Å². The summed E-state index contributed by atoms with van der Waals surface area (Å²) >= 11 is 0. The number of amides is 1. The van der Waals surface area contributed by atoms with Crippen molar-refractivity contribution in [3.63, 3.8) is 0 Å². The van der Waals surface area contributed by atoms with Crippen LogP contribution in [0.2, 0.25) is 0 Å². The molecule has 1 unspecified atom stereocenters. The summed E-state index contributed by atoms with van der Waals surface area (Å²) in [6.07, 6.45) is 3.15. The van der Waals surface area contributed by atoms with Gasteiger partial charge >= 0.3 is 0 Å². The van der Waals surface area contributed by atoms with E-state index in [4.69, 9.17) is 14.2 Å². The molecule has 210 valence electrons. The van der Waals surface area contributed by atoms with Crippen LogP contribution >= 0.6 is 0 Å². The topological polar surface area (TPSA) is 85.3 Å². The number of hydrogen-bond acceptors (Lipinski definition) is 6. The molecule has 1 heterocycles. The van der Waals surface area contributed by atoms with Crippen molar-refractivity contribution in [2.24, 2.45) is 0 Å². The fourth-order valence-electron chi connectivity index (χ4n) is 4.55. The van der Waals surface area contributed by atoms with Crippen LogP contribution in [0.3, 0.4) is 0 Å². The first kappa shape index (κ1) is 28.8. The first-order valence-electron chi connectivity index (χ1n) is 13.4. The molecule has 1 fully saturated rings. The van der Waals surface area contributed by atoms with Crippen molar-refractivity contribution < 1.29 is 33.3 Å². The van der Waals surface area contributed by atoms with Crippen molar-refractivity contribution in [1.29, 1.82) is 0 Å². The molecule has 0 aliphatic carbocycles. The monoisotopic (exact) mass is 547 g/mol. The van der Waals surface area contributed by atoms with E-state index in [1.165, 1.54) is 24.1 Å². The van der Waals surface area contributed by atoms with E-state index in [-0.39, 0.29) is 36.9 Å². The molecule has 1 saturated heterocycles. The highest BCUT2D eigenvalue weighted by atomic mass is 19.1. The number of ether oxygens (including phenoxy) is 3. The van der Waals surface area contributed by atoms with Crippen LogP contribution in [0.15, 0.2) is 78.4 Å². The van der Waals surface area contributed by atoms with Crippen molar-refractivity contribution >= 4 is 17.4 Å². The number of rotatable bonds is 13. The summed E-state index contributed by atoms with van der Waals surface area (Å²) in [6, 6.07) is 19.1. The molecule has 1 N–H and O–H groups in total. The number of methoxy groups -OCH3 is 1. The lowest BCUT2D eigenvalue weighted by Gasteiger charge is -2.25. The number of hydrogen-bond donors (Lipinski definition) is 1. The lowest BCUT2D eigenvalue weighted by molar-refractivity contribution is -0.140. The van der Waals surface area contributed by atoms with Gasteiger partial charge in [0.1, 0.15) is 29.7 Å². The Balaban J connectivity index is 1.58. The van der Waals surface area contributed by atoms with Gasteiger partial charge in [-0.1, -0.05) is 44.0 Å². The third-order valence-corrected chi connectivity index (χ3v) is 6.74. The molecule has 40 heavy (non-hydrogen) atoms. The summed E-state index contributed by atoms with van der Waals surface area (Å²) < 4.78 is 29.9. The third-order valence-electron chi connectivity index (χ3n) is 6.74. The van der Waals surface area contributed by atoms with Gasteiger partial charge in [0.2, 0.25) is 0 Å². The molecule has 1 aliphatic rings. The number of halogens is 1. The predicted octanol–water partition coefficient (Wildman–Crippen LogP) is 6.04. The average molecular weight is 548 g/mol. The van der Waals surface area contributed by atoms with Crippen molar-refractivity contribution in [2.75, 3.05) is 26.9 Å². The molecule has 3 aromatic rings. The molecule has 0 aromatic heterocycles. The maximum atomic E-state index is 13.2. The second-order valence-electron chi connectivity index (χ2n) is 9.55. The first-order valence-corrected chi connectivity index (χ1v) is 13.4. The highest BCUT2D eigenvalue weighted by Gasteiger charge is 2.45. The summed E-state index contributed by atoms with van der Waals surface area (Å²) in [5, 5.41) is 11.3. The maximum absolute atomic E-state index is 13.2. The number of nitrogens with zero attached hydrogens (tertiary/aromatic N) is 1. The normalized spacial score (nSPS) is 16.4. The van der Waals surface area contributed by atoms with Crippen LogP contribution in [0.4, 0.5) is 4.39 Å². The molecule has 1 amide bonds. The van der Waals surface area contributed by atoms with Gasteiger partial charge in [-0.3, -0.25) is 9.59 Å². The standard InChI is InChI=1S/C32H34FNO6/c1-3-4-5-19-39-26-16-10-24(11-17-26)30(35)28-29(34(18-20-38-2)32(37)31(28)36)23-8-14-27(15-9-23)40-21-22-6-12-25(33)13-7-22/h6-17,29,35H,3-5,18-21H2,1-2H3/b30-28-. The maximum Gasteiger partial charge on any atom is 0.295 e. The molecule has 4 rings (SSSR count). The van der Waals surface area contributed by atoms with Crippen LogP contribution in [0.5, 0.6) is 11.5 Å². The van der Waals surface area contributed by atoms with Gasteiger partial charge in [0.15, 0.2) is 0 Å². The summed E-state index contributed by atoms with van der Waals surface area (Å²) in [4.78, 5) is 27.6. The number of Topliss-reactive ketones (excluding diaryl/α,β-unsaturated/α-hetero) is 1. The minimum Gasteiger partial charge on any atom is -0.507 e. The zero-order valence-electron chi connectivity index (χ0n) is 22.8. The zero-order valence-corrected chi connectivity index (χ0v) is 22.8. The molecule has 1 atom stereocenters. The molecule has 7 nitrogen and oxygen atoms in total. The van der Waals surface area contributed by atoms with Crippen LogP contribution < -0.4 is 9.47 Å². The highest BCUT2D eigenvalue weighted by molar-refractivity contribution is 6.46. The molecule has 0 radical (unpaired) electrons. The Bertz CT molecular complexity index is 1320. The lowest BCUT2D eigenvalue weighted by atomic mass is 9.95. The number of likely N-dealkylation sites (tertiary alicyclic amines) is 1. The first-order chi connectivity index (χ1) is 19.4. The van der Waals surface area contributed by atoms with Gasteiger partial charge in [0.05, 0.1) is 24.8 Å². The molecule has 0 bridgehead atoms. The number of ketones is 1. The van der Waals surface area contributed by atoms with E-state index >= 15 is 0 Å². The highest BCUT2D eigenvalue weighted by Crippen LogP contribution is 2.40. The van der Waals surface area contributed by atoms with E-state index in [2.05, 4.69) is 6.92 Å². The summed E-state index contributed by atoms with van der Waals surface area (Å²) in [6.45, 7) is 3.39. The summed E-state index contributed by atoms with van der Waals surface area (Å²) in [7, 11) is 1.52. The van der Waals surface area contributed by atoms with Gasteiger partial charge < -0.3 is 24.2 Å². The zero-order chi connectivity index (χ0) is 28.5. The number of carbonyl (C=O) groups excluding carboxylic acids is 2. The fraction of sp³-hybridized carbons (Fsp3) is 0.312. The quantitative estimate of drug-likeness (QED) is 0.122. The molecule has 0 spiro atoms. The summed E-state index contributed by atoms with van der Waals surface area (Å²) in [5.74, 6) is -0.785. The van der Waals surface area contributed by atoms with Gasteiger partial charge in [-0.2, -0.15) is 0 Å². The van der Waals surface area contributed by atoms with Gasteiger partial charge in [0.25, 0.3) is 11.7 Å². The molecular formula is C32H34FNO6. The van der Waals surface area contributed by atoms with Crippen LogP contribution in [0, 0.1) is 5.82 Å². The Morgan fingerprint density at radius 3 is 2.17 bits per heavy atom. The van der Waals surface area contributed by atoms with E-state index in [1.807, 2.05) is 0 Å². The van der Waals surface area contributed by atoms with Crippen molar-refractivity contribution in [2.45, 2.75) is 38.8 Å². The minimum atomic E-state index is -0.800. The van der Waals surface area contributed by atoms with E-state index < -0.39 is 17.7 Å². The minimum absolute atomic E-state index is 0.0118. The van der Waals surface area contributed by atoms with Gasteiger partial charge in [-0.15, -0.1) is 0 Å². The third kappa shape index (κ3) is 6.87. The van der Waals surface area contributed by atoms with Crippen molar-refractivity contribution in [3.05, 3.63) is 101 Å². The van der Waals surface area contributed by atoms with Crippen LogP contribution in [-0.2, 0) is 20.9 Å². The van der Waals surface area contributed by atoms with Gasteiger partial charge in [0, 0.05) is 19.2 Å². The Morgan fingerprint density at radius 2 is 1.52 bits per heavy atom. The number of carbonyl (C=O) groups is 2. The number of aliphatic hydroxyl groups is 1. The smallest absolute Gasteiger partial charge is 0.295 e. The Hall–Kier alpha value is -4.17. The largest absolute Gasteiger partial charge is 0.507 e. The van der Waals surface area contributed by atoms with Crippen molar-refractivity contribution in [1.82, 2.24) is 4.90 Å².